The van der Waals surface area contributed by atoms with Crippen LogP contribution in [-0.4, -0.2) is 42.7 Å². The molecule has 10 heteroatoms. The van der Waals surface area contributed by atoms with Gasteiger partial charge >= 0.3 is 0 Å². The minimum absolute atomic E-state index is 0.111. The first-order chi connectivity index (χ1) is 13.2. The van der Waals surface area contributed by atoms with E-state index in [1.807, 2.05) is 6.07 Å². The van der Waals surface area contributed by atoms with Crippen LogP contribution < -0.4 is 4.72 Å². The van der Waals surface area contributed by atoms with E-state index in [9.17, 15) is 13.2 Å². The summed E-state index contributed by atoms with van der Waals surface area (Å²) in [6, 6.07) is 13.2. The lowest BCUT2D eigenvalue weighted by molar-refractivity contribution is 0.0769. The molecule has 3 rings (SSSR count). The van der Waals surface area contributed by atoms with E-state index in [1.165, 1.54) is 29.2 Å². The Morgan fingerprint density at radius 3 is 2.50 bits per heavy atom. The van der Waals surface area contributed by atoms with Crippen LogP contribution in [0, 0.1) is 0 Å². The molecule has 0 saturated heterocycles. The number of nitrogens with zero attached hydrogens (tertiary/aromatic N) is 3. The lowest BCUT2D eigenvalue weighted by Crippen LogP contribution is -2.26. The first-order valence-electron chi connectivity index (χ1n) is 8.14. The van der Waals surface area contributed by atoms with Crippen LogP contribution in [0.2, 0.25) is 5.02 Å². The normalized spacial score (nSPS) is 11.2. The zero-order chi connectivity index (χ0) is 20.3. The van der Waals surface area contributed by atoms with Gasteiger partial charge in [-0.25, -0.2) is 8.42 Å². The molecule has 0 aliphatic carbocycles. The third-order valence-corrected chi connectivity index (χ3v) is 4.67. The number of nitrogens with one attached hydrogen (secondary N) is 1. The van der Waals surface area contributed by atoms with Crippen LogP contribution in [0.4, 0.5) is 5.69 Å². The zero-order valence-electron chi connectivity index (χ0n) is 15.1. The smallest absolute Gasteiger partial charge is 0.254 e. The molecule has 0 radical (unpaired) electrons. The van der Waals surface area contributed by atoms with Crippen molar-refractivity contribution < 1.29 is 17.7 Å². The largest absolute Gasteiger partial charge is 0.337 e. The van der Waals surface area contributed by atoms with Gasteiger partial charge in [-0.15, -0.1) is 0 Å². The molecule has 0 unspecified atom stereocenters. The number of aromatic nitrogens is 2. The average molecular weight is 421 g/mol. The standard InChI is InChI=1S/C18H17ClN4O4S/c1-23(18(24)12-7-9-13(10-8-12)22-28(2,25)26)11-16-20-17(21-27-16)14-5-3-4-6-15(14)19/h3-10,22H,11H2,1-2H3. The lowest BCUT2D eigenvalue weighted by Gasteiger charge is -2.15. The molecule has 146 valence electrons. The molecule has 0 aliphatic rings. The van der Waals surface area contributed by atoms with E-state index in [0.29, 0.717) is 27.7 Å². The van der Waals surface area contributed by atoms with Crippen molar-refractivity contribution in [2.24, 2.45) is 0 Å². The van der Waals surface area contributed by atoms with E-state index in [0.717, 1.165) is 6.26 Å². The Bertz CT molecular complexity index is 1100. The molecule has 1 N–H and O–H groups in total. The summed E-state index contributed by atoms with van der Waals surface area (Å²) in [4.78, 5) is 18.3. The van der Waals surface area contributed by atoms with E-state index in [-0.39, 0.29) is 18.3 Å². The maximum Gasteiger partial charge on any atom is 0.254 e. The molecule has 0 bridgehead atoms. The number of benzene rings is 2. The van der Waals surface area contributed by atoms with Crippen LogP contribution in [0.1, 0.15) is 16.2 Å². The number of halogens is 1. The maximum absolute atomic E-state index is 12.6. The van der Waals surface area contributed by atoms with E-state index < -0.39 is 10.0 Å². The minimum Gasteiger partial charge on any atom is -0.337 e. The van der Waals surface area contributed by atoms with Crippen molar-refractivity contribution in [2.75, 3.05) is 18.0 Å². The number of carbonyl (C=O) groups excluding carboxylic acids is 1. The summed E-state index contributed by atoms with van der Waals surface area (Å²) in [5.41, 5.74) is 1.41. The molecule has 3 aromatic rings. The number of hydrogen-bond donors (Lipinski definition) is 1. The van der Waals surface area contributed by atoms with Gasteiger partial charge in [0.05, 0.1) is 17.8 Å². The van der Waals surface area contributed by atoms with Crippen LogP contribution in [0.15, 0.2) is 53.1 Å². The molecule has 28 heavy (non-hydrogen) atoms. The molecule has 0 saturated carbocycles. The Kier molecular flexibility index (Phi) is 5.66. The number of rotatable bonds is 6. The van der Waals surface area contributed by atoms with Gasteiger partial charge < -0.3 is 9.42 Å². The Labute approximate surface area is 167 Å². The summed E-state index contributed by atoms with van der Waals surface area (Å²) in [6.07, 6.45) is 1.06. The molecule has 0 aliphatic heterocycles. The van der Waals surface area contributed by atoms with Crippen molar-refractivity contribution in [3.63, 3.8) is 0 Å². The van der Waals surface area contributed by atoms with E-state index >= 15 is 0 Å². The van der Waals surface area contributed by atoms with Gasteiger partial charge in [-0.3, -0.25) is 9.52 Å². The molecule has 0 fully saturated rings. The fourth-order valence-corrected chi connectivity index (χ4v) is 3.25. The topological polar surface area (TPSA) is 105 Å². The fraction of sp³-hybridized carbons (Fsp3) is 0.167. The van der Waals surface area contributed by atoms with Crippen LogP contribution in [-0.2, 0) is 16.6 Å². The molecule has 1 aromatic heterocycles. The van der Waals surface area contributed by atoms with Crippen molar-refractivity contribution in [2.45, 2.75) is 6.54 Å². The van der Waals surface area contributed by atoms with E-state index in [4.69, 9.17) is 16.1 Å². The number of anilines is 1. The van der Waals surface area contributed by atoms with Crippen LogP contribution in [0.3, 0.4) is 0 Å². The Balaban J connectivity index is 1.69. The van der Waals surface area contributed by atoms with Crippen molar-refractivity contribution in [3.8, 4) is 11.4 Å². The van der Waals surface area contributed by atoms with Gasteiger partial charge in [-0.2, -0.15) is 4.98 Å². The van der Waals surface area contributed by atoms with Crippen molar-refractivity contribution in [3.05, 3.63) is 65.0 Å². The van der Waals surface area contributed by atoms with E-state index in [2.05, 4.69) is 14.9 Å². The molecule has 0 spiro atoms. The molecule has 8 nitrogen and oxygen atoms in total. The first-order valence-corrected chi connectivity index (χ1v) is 10.4. The Morgan fingerprint density at radius 1 is 1.18 bits per heavy atom. The highest BCUT2D eigenvalue weighted by molar-refractivity contribution is 7.92. The molecule has 1 heterocycles. The van der Waals surface area contributed by atoms with Crippen LogP contribution in [0.5, 0.6) is 0 Å². The third-order valence-electron chi connectivity index (χ3n) is 3.74. The highest BCUT2D eigenvalue weighted by atomic mass is 35.5. The second-order valence-electron chi connectivity index (χ2n) is 6.10. The maximum atomic E-state index is 12.6. The van der Waals surface area contributed by atoms with Crippen molar-refractivity contribution >= 4 is 33.2 Å². The fourth-order valence-electron chi connectivity index (χ4n) is 2.46. The van der Waals surface area contributed by atoms with Gasteiger partial charge in [-0.1, -0.05) is 28.9 Å². The summed E-state index contributed by atoms with van der Waals surface area (Å²) < 4.78 is 30.0. The molecule has 2 aromatic carbocycles. The van der Waals surface area contributed by atoms with Crippen molar-refractivity contribution in [1.82, 2.24) is 15.0 Å². The lowest BCUT2D eigenvalue weighted by atomic mass is 10.2. The van der Waals surface area contributed by atoms with Gasteiger partial charge in [0.15, 0.2) is 0 Å². The van der Waals surface area contributed by atoms with Gasteiger partial charge in [-0.05, 0) is 36.4 Å². The number of hydrogen-bond acceptors (Lipinski definition) is 6. The summed E-state index contributed by atoms with van der Waals surface area (Å²) in [7, 11) is -1.77. The predicted molar refractivity (Wildman–Crippen MR) is 105 cm³/mol. The van der Waals surface area contributed by atoms with Gasteiger partial charge in [0.25, 0.3) is 5.91 Å². The highest BCUT2D eigenvalue weighted by Gasteiger charge is 2.17. The SMILES string of the molecule is CN(Cc1nc(-c2ccccc2Cl)no1)C(=O)c1ccc(NS(C)(=O)=O)cc1. The van der Waals surface area contributed by atoms with Gasteiger partial charge in [0.2, 0.25) is 21.7 Å². The quantitative estimate of drug-likeness (QED) is 0.657. The van der Waals surface area contributed by atoms with Gasteiger partial charge in [0, 0.05) is 23.9 Å². The Hall–Kier alpha value is -2.91. The highest BCUT2D eigenvalue weighted by Crippen LogP contribution is 2.25. The monoisotopic (exact) mass is 420 g/mol. The number of sulfonamides is 1. The summed E-state index contributed by atoms with van der Waals surface area (Å²) >= 11 is 6.13. The molecular formula is C18H17ClN4O4S. The van der Waals surface area contributed by atoms with Crippen LogP contribution >= 0.6 is 11.6 Å². The number of amides is 1. The molecule has 0 atom stereocenters. The first kappa shape index (κ1) is 19.8. The summed E-state index contributed by atoms with van der Waals surface area (Å²) in [5.74, 6) is 0.335. The van der Waals surface area contributed by atoms with E-state index in [1.54, 1.807) is 25.2 Å². The van der Waals surface area contributed by atoms with Crippen molar-refractivity contribution in [1.29, 1.82) is 0 Å². The second kappa shape index (κ2) is 7.99. The van der Waals surface area contributed by atoms with Crippen LogP contribution in [0.25, 0.3) is 11.4 Å². The zero-order valence-corrected chi connectivity index (χ0v) is 16.7. The van der Waals surface area contributed by atoms with Gasteiger partial charge in [0.1, 0.15) is 0 Å². The third kappa shape index (κ3) is 4.87. The predicted octanol–water partition coefficient (Wildman–Crippen LogP) is 3.03. The second-order valence-corrected chi connectivity index (χ2v) is 8.26. The number of carbonyl (C=O) groups is 1. The Morgan fingerprint density at radius 2 is 1.86 bits per heavy atom. The minimum atomic E-state index is -3.37. The molecule has 1 amide bonds. The summed E-state index contributed by atoms with van der Waals surface area (Å²) in [5, 5.41) is 4.41. The molecular weight excluding hydrogens is 404 g/mol. The average Bonchev–Trinajstić information content (AvgIpc) is 3.09. The summed E-state index contributed by atoms with van der Waals surface area (Å²) in [6.45, 7) is 0.111.